The third-order valence-corrected chi connectivity index (χ3v) is 7.64. The van der Waals surface area contributed by atoms with Crippen LogP contribution in [-0.2, 0) is 16.8 Å². The van der Waals surface area contributed by atoms with E-state index in [1.807, 2.05) is 12.1 Å². The van der Waals surface area contributed by atoms with Gasteiger partial charge in [0.05, 0.1) is 0 Å². The molecule has 0 radical (unpaired) electrons. The van der Waals surface area contributed by atoms with Crippen LogP contribution in [0.1, 0.15) is 43.2 Å². The summed E-state index contributed by atoms with van der Waals surface area (Å²) in [6.45, 7) is 3.89. The van der Waals surface area contributed by atoms with Crippen molar-refractivity contribution in [2.75, 3.05) is 31.3 Å². The molecule has 30 heavy (non-hydrogen) atoms. The standard InChI is InChI=1S/C25H28N2O3/c28-24(18-5-3-6-18)26-13-11-25(12-14-26)16-27(21-9-2-1-8-20(21)25)15-19-7-4-10-22-23(19)30-17-29-22/h1-2,4,7-10,18H,3,5-6,11-17H2. The first-order valence-electron chi connectivity index (χ1n) is 11.2. The van der Waals surface area contributed by atoms with Crippen LogP contribution in [0.3, 0.4) is 0 Å². The Morgan fingerprint density at radius 3 is 2.67 bits per heavy atom. The molecular weight excluding hydrogens is 376 g/mol. The third kappa shape index (κ3) is 2.78. The molecule has 2 aromatic rings. The van der Waals surface area contributed by atoms with Gasteiger partial charge in [0.2, 0.25) is 12.7 Å². The summed E-state index contributed by atoms with van der Waals surface area (Å²) in [4.78, 5) is 17.4. The molecule has 4 aliphatic rings. The quantitative estimate of drug-likeness (QED) is 0.773. The number of rotatable bonds is 3. The van der Waals surface area contributed by atoms with Crippen molar-refractivity contribution in [2.24, 2.45) is 5.92 Å². The summed E-state index contributed by atoms with van der Waals surface area (Å²) in [5.41, 5.74) is 4.09. The van der Waals surface area contributed by atoms with Gasteiger partial charge in [-0.2, -0.15) is 0 Å². The maximum atomic E-state index is 12.7. The van der Waals surface area contributed by atoms with E-state index in [2.05, 4.69) is 40.1 Å². The number of ether oxygens (including phenoxy) is 2. The lowest BCUT2D eigenvalue weighted by atomic mass is 9.73. The summed E-state index contributed by atoms with van der Waals surface area (Å²) in [6, 6.07) is 15.0. The van der Waals surface area contributed by atoms with E-state index in [4.69, 9.17) is 9.47 Å². The Balaban J connectivity index is 1.24. The van der Waals surface area contributed by atoms with Gasteiger partial charge >= 0.3 is 0 Å². The number of hydrogen-bond acceptors (Lipinski definition) is 4. The van der Waals surface area contributed by atoms with Crippen molar-refractivity contribution in [1.82, 2.24) is 4.90 Å². The number of benzene rings is 2. The Morgan fingerprint density at radius 2 is 1.87 bits per heavy atom. The number of likely N-dealkylation sites (tertiary alicyclic amines) is 1. The number of fused-ring (bicyclic) bond motifs is 3. The first-order chi connectivity index (χ1) is 14.7. The molecule has 0 bridgehead atoms. The molecule has 0 atom stereocenters. The summed E-state index contributed by atoms with van der Waals surface area (Å²) in [7, 11) is 0. The van der Waals surface area contributed by atoms with E-state index < -0.39 is 0 Å². The van der Waals surface area contributed by atoms with Gasteiger partial charge in [0, 0.05) is 48.8 Å². The largest absolute Gasteiger partial charge is 0.454 e. The lowest BCUT2D eigenvalue weighted by Gasteiger charge is -2.42. The van der Waals surface area contributed by atoms with Crippen molar-refractivity contribution < 1.29 is 14.3 Å². The smallest absolute Gasteiger partial charge is 0.231 e. The first kappa shape index (κ1) is 18.1. The fraction of sp³-hybridized carbons (Fsp3) is 0.480. The van der Waals surface area contributed by atoms with E-state index in [1.165, 1.54) is 23.2 Å². The summed E-state index contributed by atoms with van der Waals surface area (Å²) in [5.74, 6) is 2.43. The SMILES string of the molecule is O=C(C1CCC1)N1CCC2(CC1)CN(Cc1cccc3c1OCO3)c1ccccc12. The predicted molar refractivity (Wildman–Crippen MR) is 115 cm³/mol. The van der Waals surface area contributed by atoms with Gasteiger partial charge < -0.3 is 19.3 Å². The molecule has 1 amide bonds. The fourth-order valence-corrected chi connectivity index (χ4v) is 5.69. The zero-order chi connectivity index (χ0) is 20.1. The maximum Gasteiger partial charge on any atom is 0.231 e. The minimum absolute atomic E-state index is 0.141. The van der Waals surface area contributed by atoms with Gasteiger partial charge in [0.1, 0.15) is 0 Å². The number of carbonyl (C=O) groups is 1. The molecule has 2 fully saturated rings. The topological polar surface area (TPSA) is 42.0 Å². The van der Waals surface area contributed by atoms with Crippen LogP contribution in [0, 0.1) is 5.92 Å². The normalized spacial score (nSPS) is 21.6. The highest BCUT2D eigenvalue weighted by Crippen LogP contribution is 2.48. The first-order valence-corrected chi connectivity index (χ1v) is 11.2. The molecule has 1 saturated carbocycles. The second-order valence-corrected chi connectivity index (χ2v) is 9.26. The molecular formula is C25H28N2O3. The Kier molecular flexibility index (Phi) is 4.18. The molecule has 1 spiro atoms. The number of carbonyl (C=O) groups excluding carboxylic acids is 1. The van der Waals surface area contributed by atoms with Gasteiger partial charge in [-0.05, 0) is 43.4 Å². The van der Waals surface area contributed by atoms with Gasteiger partial charge in [-0.1, -0.05) is 36.8 Å². The average Bonchev–Trinajstić information content (AvgIpc) is 3.32. The van der Waals surface area contributed by atoms with E-state index in [0.29, 0.717) is 18.6 Å². The van der Waals surface area contributed by atoms with Crippen LogP contribution >= 0.6 is 0 Å². The van der Waals surface area contributed by atoms with Crippen molar-refractivity contribution >= 4 is 11.6 Å². The highest BCUT2D eigenvalue weighted by atomic mass is 16.7. The molecule has 5 nitrogen and oxygen atoms in total. The molecule has 0 N–H and O–H groups in total. The van der Waals surface area contributed by atoms with E-state index in [1.54, 1.807) is 0 Å². The minimum Gasteiger partial charge on any atom is -0.454 e. The summed E-state index contributed by atoms with van der Waals surface area (Å²) in [5, 5.41) is 0. The molecule has 0 aromatic heterocycles. The van der Waals surface area contributed by atoms with Crippen LogP contribution in [0.4, 0.5) is 5.69 Å². The van der Waals surface area contributed by atoms with Crippen LogP contribution in [-0.4, -0.2) is 37.2 Å². The summed E-state index contributed by atoms with van der Waals surface area (Å²) < 4.78 is 11.3. The molecule has 6 rings (SSSR count). The van der Waals surface area contributed by atoms with E-state index in [0.717, 1.165) is 63.4 Å². The number of nitrogens with zero attached hydrogens (tertiary/aromatic N) is 2. The van der Waals surface area contributed by atoms with Gasteiger partial charge in [-0.25, -0.2) is 0 Å². The van der Waals surface area contributed by atoms with Crippen LogP contribution < -0.4 is 14.4 Å². The van der Waals surface area contributed by atoms with Crippen molar-refractivity contribution in [3.63, 3.8) is 0 Å². The number of anilines is 1. The number of hydrogen-bond donors (Lipinski definition) is 0. The molecule has 0 unspecified atom stereocenters. The molecule has 1 aliphatic carbocycles. The number of piperidine rings is 1. The van der Waals surface area contributed by atoms with Crippen molar-refractivity contribution in [2.45, 2.75) is 44.1 Å². The molecule has 5 heteroatoms. The van der Waals surface area contributed by atoms with Gasteiger partial charge in [-0.3, -0.25) is 4.79 Å². The average molecular weight is 405 g/mol. The molecule has 3 heterocycles. The second-order valence-electron chi connectivity index (χ2n) is 9.26. The molecule has 156 valence electrons. The highest BCUT2D eigenvalue weighted by Gasteiger charge is 2.46. The molecule has 3 aliphatic heterocycles. The monoisotopic (exact) mass is 404 g/mol. The van der Waals surface area contributed by atoms with Crippen molar-refractivity contribution in [1.29, 1.82) is 0 Å². The Morgan fingerprint density at radius 1 is 1.03 bits per heavy atom. The minimum atomic E-state index is 0.141. The zero-order valence-corrected chi connectivity index (χ0v) is 17.3. The zero-order valence-electron chi connectivity index (χ0n) is 17.3. The molecule has 1 saturated heterocycles. The summed E-state index contributed by atoms with van der Waals surface area (Å²) in [6.07, 6.45) is 5.49. The lowest BCUT2D eigenvalue weighted by Crippen LogP contribution is -2.49. The van der Waals surface area contributed by atoms with Crippen LogP contribution in [0.15, 0.2) is 42.5 Å². The summed E-state index contributed by atoms with van der Waals surface area (Å²) >= 11 is 0. The maximum absolute atomic E-state index is 12.7. The second kappa shape index (κ2) is 6.93. The van der Waals surface area contributed by atoms with Crippen LogP contribution in [0.25, 0.3) is 0 Å². The van der Waals surface area contributed by atoms with Crippen LogP contribution in [0.5, 0.6) is 11.5 Å². The number of amides is 1. The Labute approximate surface area is 177 Å². The lowest BCUT2D eigenvalue weighted by molar-refractivity contribution is -0.139. The fourth-order valence-electron chi connectivity index (χ4n) is 5.69. The third-order valence-electron chi connectivity index (χ3n) is 7.64. The van der Waals surface area contributed by atoms with E-state index in [-0.39, 0.29) is 5.41 Å². The Bertz CT molecular complexity index is 976. The van der Waals surface area contributed by atoms with E-state index in [9.17, 15) is 4.79 Å². The van der Waals surface area contributed by atoms with Crippen molar-refractivity contribution in [3.05, 3.63) is 53.6 Å². The van der Waals surface area contributed by atoms with Gasteiger partial charge in [0.15, 0.2) is 11.5 Å². The molecule has 2 aromatic carbocycles. The predicted octanol–water partition coefficient (Wildman–Crippen LogP) is 4.10. The Hall–Kier alpha value is -2.69. The van der Waals surface area contributed by atoms with E-state index >= 15 is 0 Å². The van der Waals surface area contributed by atoms with Gasteiger partial charge in [0.25, 0.3) is 0 Å². The van der Waals surface area contributed by atoms with Gasteiger partial charge in [-0.15, -0.1) is 0 Å². The van der Waals surface area contributed by atoms with Crippen LogP contribution in [0.2, 0.25) is 0 Å². The highest BCUT2D eigenvalue weighted by molar-refractivity contribution is 5.80. The number of para-hydroxylation sites is 2. The van der Waals surface area contributed by atoms with Crippen molar-refractivity contribution in [3.8, 4) is 11.5 Å².